The number of carbonyl (C=O) groups is 1. The number of pyridine rings is 1. The van der Waals surface area contributed by atoms with Crippen molar-refractivity contribution in [3.63, 3.8) is 0 Å². The molecule has 2 aromatic heterocycles. The first-order valence-corrected chi connectivity index (χ1v) is 20.1. The van der Waals surface area contributed by atoms with Gasteiger partial charge in [0, 0.05) is 55.9 Å². The topological polar surface area (TPSA) is 162 Å². The van der Waals surface area contributed by atoms with Crippen LogP contribution in [0.5, 0.6) is 0 Å². The predicted molar refractivity (Wildman–Crippen MR) is 209 cm³/mol. The fourth-order valence-corrected chi connectivity index (χ4v) is 9.08. The molecule has 280 valence electrons. The van der Waals surface area contributed by atoms with E-state index >= 15 is 0 Å². The molecule has 7 N–H and O–H groups in total. The molecule has 0 spiro atoms. The minimum Gasteiger partial charge on any atom is -0.384 e. The fraction of sp³-hybridized carbons (Fsp3) is 0.579. The van der Waals surface area contributed by atoms with E-state index in [1.54, 1.807) is 6.20 Å². The minimum atomic E-state index is -0.736. The maximum absolute atomic E-state index is 12.5. The Morgan fingerprint density at radius 3 is 2.44 bits per heavy atom. The summed E-state index contributed by atoms with van der Waals surface area (Å²) in [6, 6.07) is 10.1. The van der Waals surface area contributed by atoms with Crippen LogP contribution in [-0.2, 0) is 4.79 Å². The maximum Gasteiger partial charge on any atom is 0.229 e. The van der Waals surface area contributed by atoms with Crippen LogP contribution in [0.25, 0.3) is 0 Å². The van der Waals surface area contributed by atoms with Crippen molar-refractivity contribution >= 4 is 52.4 Å². The number of piperidine rings is 4. The summed E-state index contributed by atoms with van der Waals surface area (Å²) in [5.41, 5.74) is 14.5. The number of benzene rings is 1. The van der Waals surface area contributed by atoms with Gasteiger partial charge in [0.1, 0.15) is 22.9 Å². The quantitative estimate of drug-likeness (QED) is 0.191. The van der Waals surface area contributed by atoms with Crippen LogP contribution in [0, 0.1) is 11.8 Å². The summed E-state index contributed by atoms with van der Waals surface area (Å²) in [5.74, 6) is 3.11. The Bertz CT molecular complexity index is 1690. The molecule has 3 aromatic rings. The van der Waals surface area contributed by atoms with Crippen molar-refractivity contribution in [1.29, 1.82) is 0 Å². The average Bonchev–Trinajstić information content (AvgIpc) is 3.14. The van der Waals surface area contributed by atoms with Crippen LogP contribution in [0.2, 0.25) is 5.02 Å². The van der Waals surface area contributed by atoms with Gasteiger partial charge in [0.25, 0.3) is 0 Å². The number of aliphatic hydroxyl groups excluding tert-OH is 1. The number of likely N-dealkylation sites (tertiary alicyclic amines) is 1. The largest absolute Gasteiger partial charge is 0.384 e. The molecule has 4 aliphatic rings. The van der Waals surface area contributed by atoms with Gasteiger partial charge < -0.3 is 41.9 Å². The first-order chi connectivity index (χ1) is 25.1. The summed E-state index contributed by atoms with van der Waals surface area (Å²) in [4.78, 5) is 34.5. The lowest BCUT2D eigenvalue weighted by Crippen LogP contribution is -2.48. The Balaban J connectivity index is 0.841. The van der Waals surface area contributed by atoms with Gasteiger partial charge in [-0.1, -0.05) is 29.4 Å². The van der Waals surface area contributed by atoms with Gasteiger partial charge in [-0.3, -0.25) is 4.79 Å². The normalized spacial score (nSPS) is 23.4. The lowest BCUT2D eigenvalue weighted by atomic mass is 9.90. The van der Waals surface area contributed by atoms with Crippen molar-refractivity contribution in [2.75, 3.05) is 73.2 Å². The number of hydrogen-bond acceptors (Lipinski definition) is 12. The number of hydrogen-bond donors (Lipinski definition) is 5. The Morgan fingerprint density at radius 1 is 0.981 bits per heavy atom. The number of aliphatic hydroxyl groups is 1. The van der Waals surface area contributed by atoms with E-state index in [-0.39, 0.29) is 17.4 Å². The van der Waals surface area contributed by atoms with Crippen molar-refractivity contribution in [1.82, 2.24) is 25.2 Å². The van der Waals surface area contributed by atoms with Crippen LogP contribution in [0.4, 0.5) is 23.1 Å². The summed E-state index contributed by atoms with van der Waals surface area (Å²) < 4.78 is 0. The van der Waals surface area contributed by atoms with Crippen LogP contribution in [0.3, 0.4) is 0 Å². The van der Waals surface area contributed by atoms with E-state index in [0.717, 1.165) is 106 Å². The van der Waals surface area contributed by atoms with E-state index in [1.165, 1.54) is 24.6 Å². The summed E-state index contributed by atoms with van der Waals surface area (Å²) in [7, 11) is 0. The number of carbonyl (C=O) groups excluding carboxylic acids is 1. The molecule has 2 unspecified atom stereocenters. The first-order valence-electron chi connectivity index (χ1n) is 18.9. The molecule has 12 nitrogen and oxygen atoms in total. The van der Waals surface area contributed by atoms with Crippen molar-refractivity contribution < 1.29 is 9.90 Å². The number of anilines is 4. The van der Waals surface area contributed by atoms with Gasteiger partial charge in [0.2, 0.25) is 5.91 Å². The third kappa shape index (κ3) is 9.04. The maximum atomic E-state index is 12.5. The summed E-state index contributed by atoms with van der Waals surface area (Å²) >= 11 is 8.36. The van der Waals surface area contributed by atoms with Crippen LogP contribution in [0.1, 0.15) is 69.8 Å². The van der Waals surface area contributed by atoms with Gasteiger partial charge in [-0.05, 0) is 113 Å². The second-order valence-corrected chi connectivity index (χ2v) is 16.8. The molecule has 6 heterocycles. The van der Waals surface area contributed by atoms with E-state index < -0.39 is 6.23 Å². The van der Waals surface area contributed by atoms with E-state index in [4.69, 9.17) is 23.1 Å². The van der Waals surface area contributed by atoms with Gasteiger partial charge in [-0.15, -0.1) is 0 Å². The highest BCUT2D eigenvalue weighted by atomic mass is 35.5. The number of nitrogen functional groups attached to an aromatic ring is 1. The molecule has 4 fully saturated rings. The van der Waals surface area contributed by atoms with E-state index in [1.807, 2.05) is 30.5 Å². The van der Waals surface area contributed by atoms with Crippen molar-refractivity contribution in [3.8, 4) is 0 Å². The Morgan fingerprint density at radius 2 is 1.71 bits per heavy atom. The third-order valence-corrected chi connectivity index (χ3v) is 13.0. The zero-order valence-corrected chi connectivity index (χ0v) is 31.7. The van der Waals surface area contributed by atoms with E-state index in [9.17, 15) is 9.90 Å². The highest BCUT2D eigenvalue weighted by Gasteiger charge is 2.30. The number of aromatic nitrogens is 3. The number of nitrogens with zero attached hydrogens (tertiary/aromatic N) is 6. The molecule has 4 aliphatic heterocycles. The number of nitrogens with one attached hydrogen (secondary N) is 2. The SMILES string of the molecule is CC1(N)CCN(c2cnc(Sc3cccc(NCC4CCN(CC5CCN(c6cc(C7CCC(O)NC7=O)ccn6)CC5)CC4)c3Cl)c(N)n2)CC1. The van der Waals surface area contributed by atoms with Crippen LogP contribution < -0.4 is 31.9 Å². The van der Waals surface area contributed by atoms with Gasteiger partial charge >= 0.3 is 0 Å². The summed E-state index contributed by atoms with van der Waals surface area (Å²) in [6.45, 7) is 10.0. The van der Waals surface area contributed by atoms with Gasteiger partial charge in [0.05, 0.1) is 22.8 Å². The van der Waals surface area contributed by atoms with Gasteiger partial charge in [-0.25, -0.2) is 15.0 Å². The molecule has 14 heteroatoms. The second kappa shape index (κ2) is 16.3. The Kier molecular flexibility index (Phi) is 11.6. The van der Waals surface area contributed by atoms with Gasteiger partial charge in [-0.2, -0.15) is 0 Å². The zero-order chi connectivity index (χ0) is 36.2. The van der Waals surface area contributed by atoms with E-state index in [0.29, 0.717) is 40.5 Å². The molecule has 0 saturated carbocycles. The smallest absolute Gasteiger partial charge is 0.229 e. The van der Waals surface area contributed by atoms with Gasteiger partial charge in [0.15, 0.2) is 5.82 Å². The Hall–Kier alpha value is -3.36. The van der Waals surface area contributed by atoms with Crippen LogP contribution in [-0.4, -0.2) is 95.0 Å². The predicted octanol–water partition coefficient (Wildman–Crippen LogP) is 4.93. The molecule has 0 aliphatic carbocycles. The molecular formula is C38H53ClN10O2S. The molecule has 0 radical (unpaired) electrons. The molecule has 0 bridgehead atoms. The number of nitrogens with two attached hydrogens (primary N) is 2. The number of amides is 1. The average molecular weight is 749 g/mol. The second-order valence-electron chi connectivity index (χ2n) is 15.4. The third-order valence-electron chi connectivity index (χ3n) is 11.4. The van der Waals surface area contributed by atoms with Crippen molar-refractivity contribution in [2.45, 2.75) is 85.9 Å². The lowest BCUT2D eigenvalue weighted by Gasteiger charge is -2.38. The molecule has 1 amide bonds. The van der Waals surface area contributed by atoms with Crippen LogP contribution in [0.15, 0.2) is 52.6 Å². The molecule has 1 aromatic carbocycles. The number of halogens is 1. The van der Waals surface area contributed by atoms with Crippen LogP contribution >= 0.6 is 23.4 Å². The highest BCUT2D eigenvalue weighted by Crippen LogP contribution is 2.39. The standard InChI is InChI=1S/C38H53ClN10O2S/c1-38(41)12-19-49(20-13-38)32-23-44-37(35(40)45-32)52-30-4-2-3-29(34(30)39)43-22-25-8-15-47(16-9-25)24-26-10-17-48(18-11-26)31-21-27(7-14-42-31)28-5-6-33(50)46-36(28)51/h2-4,7,14,21,23,25-26,28,33,43,50H,5-6,8-13,15-20,22,24,41H2,1H3,(H2,40,45)(H,46,51). The molecular weight excluding hydrogens is 696 g/mol. The fourth-order valence-electron chi connectivity index (χ4n) is 7.96. The number of rotatable bonds is 10. The molecule has 2 atom stereocenters. The van der Waals surface area contributed by atoms with Crippen molar-refractivity contribution in [2.24, 2.45) is 17.6 Å². The van der Waals surface area contributed by atoms with E-state index in [2.05, 4.69) is 53.3 Å². The minimum absolute atomic E-state index is 0.102. The lowest BCUT2D eigenvalue weighted by molar-refractivity contribution is -0.128. The summed E-state index contributed by atoms with van der Waals surface area (Å²) in [6.07, 6.45) is 10.6. The van der Waals surface area contributed by atoms with Crippen molar-refractivity contribution in [3.05, 3.63) is 53.3 Å². The first kappa shape index (κ1) is 37.0. The Labute approximate surface area is 316 Å². The molecule has 7 rings (SSSR count). The zero-order valence-electron chi connectivity index (χ0n) is 30.1. The highest BCUT2D eigenvalue weighted by molar-refractivity contribution is 7.99. The summed E-state index contributed by atoms with van der Waals surface area (Å²) in [5, 5.41) is 17.4. The monoisotopic (exact) mass is 748 g/mol. The molecule has 4 saturated heterocycles. The molecule has 52 heavy (non-hydrogen) atoms.